The molecule has 7 heteroatoms. The molecule has 0 atom stereocenters. The Morgan fingerprint density at radius 2 is 1.84 bits per heavy atom. The second kappa shape index (κ2) is 15.2. The molecule has 0 heterocycles. The van der Waals surface area contributed by atoms with Crippen LogP contribution in [0.4, 0.5) is 0 Å². The molecule has 144 valence electrons. The average Bonchev–Trinajstić information content (AvgIpc) is 2.59. The van der Waals surface area contributed by atoms with Crippen LogP contribution in [0.3, 0.4) is 0 Å². The summed E-state index contributed by atoms with van der Waals surface area (Å²) in [5.74, 6) is 1.78. The van der Waals surface area contributed by atoms with Crippen LogP contribution in [0, 0.1) is 0 Å². The van der Waals surface area contributed by atoms with E-state index < -0.39 is 0 Å². The minimum absolute atomic E-state index is 0. The van der Waals surface area contributed by atoms with Crippen molar-refractivity contribution < 1.29 is 14.2 Å². The molecule has 0 fully saturated rings. The molecule has 1 rings (SSSR count). The third kappa shape index (κ3) is 10.5. The number of nitrogens with zero attached hydrogens (tertiary/aromatic N) is 2. The molecule has 0 bridgehead atoms. The molecular formula is C18H32IN3O3. The van der Waals surface area contributed by atoms with Crippen LogP contribution in [0.2, 0.25) is 0 Å². The molecule has 0 aliphatic rings. The number of halogens is 1. The summed E-state index contributed by atoms with van der Waals surface area (Å²) in [5.41, 5.74) is 1.21. The normalized spacial score (nSPS) is 11.0. The first-order valence-electron chi connectivity index (χ1n) is 8.49. The maximum absolute atomic E-state index is 5.47. The fraction of sp³-hybridized carbons (Fsp3) is 0.611. The zero-order valence-electron chi connectivity index (χ0n) is 15.8. The lowest BCUT2D eigenvalue weighted by atomic mass is 10.2. The van der Waals surface area contributed by atoms with Gasteiger partial charge in [0, 0.05) is 27.2 Å². The molecular weight excluding hydrogens is 433 g/mol. The summed E-state index contributed by atoms with van der Waals surface area (Å²) in [6, 6.07) is 8.17. The topological polar surface area (TPSA) is 55.3 Å². The minimum atomic E-state index is 0. The van der Waals surface area contributed by atoms with E-state index in [0.717, 1.165) is 24.8 Å². The van der Waals surface area contributed by atoms with Crippen LogP contribution in [0.15, 0.2) is 29.3 Å². The first-order valence-corrected chi connectivity index (χ1v) is 8.49. The summed E-state index contributed by atoms with van der Waals surface area (Å²) in [7, 11) is 3.70. The maximum atomic E-state index is 5.47. The van der Waals surface area contributed by atoms with Gasteiger partial charge in [-0.15, -0.1) is 24.0 Å². The molecule has 1 aromatic rings. The van der Waals surface area contributed by atoms with Crippen LogP contribution in [-0.4, -0.2) is 64.5 Å². The highest BCUT2D eigenvalue weighted by atomic mass is 127. The number of nitrogens with one attached hydrogen (secondary N) is 1. The lowest BCUT2D eigenvalue weighted by Gasteiger charge is -2.22. The Morgan fingerprint density at radius 1 is 1.12 bits per heavy atom. The van der Waals surface area contributed by atoms with Crippen molar-refractivity contribution in [3.63, 3.8) is 0 Å². The molecule has 1 N–H and O–H groups in total. The lowest BCUT2D eigenvalue weighted by molar-refractivity contribution is 0.0747. The highest BCUT2D eigenvalue weighted by Crippen LogP contribution is 2.13. The van der Waals surface area contributed by atoms with E-state index >= 15 is 0 Å². The predicted molar refractivity (Wildman–Crippen MR) is 113 cm³/mol. The Balaban J connectivity index is 0.00000576. The van der Waals surface area contributed by atoms with Gasteiger partial charge in [0.25, 0.3) is 0 Å². The number of benzene rings is 1. The number of aliphatic imine (C=N–C) groups is 1. The third-order valence-electron chi connectivity index (χ3n) is 3.28. The van der Waals surface area contributed by atoms with Crippen molar-refractivity contribution in [1.82, 2.24) is 10.2 Å². The molecule has 6 nitrogen and oxygen atoms in total. The van der Waals surface area contributed by atoms with Gasteiger partial charge < -0.3 is 24.4 Å². The van der Waals surface area contributed by atoms with Gasteiger partial charge in [-0.3, -0.25) is 4.99 Å². The molecule has 0 spiro atoms. The number of hydrogen-bond donors (Lipinski definition) is 1. The zero-order valence-corrected chi connectivity index (χ0v) is 18.1. The van der Waals surface area contributed by atoms with E-state index in [-0.39, 0.29) is 24.0 Å². The van der Waals surface area contributed by atoms with Crippen LogP contribution < -0.4 is 10.1 Å². The van der Waals surface area contributed by atoms with Gasteiger partial charge >= 0.3 is 0 Å². The highest BCUT2D eigenvalue weighted by molar-refractivity contribution is 14.0. The Hall–Kier alpha value is -1.06. The third-order valence-corrected chi connectivity index (χ3v) is 3.28. The molecule has 0 unspecified atom stereocenters. The summed E-state index contributed by atoms with van der Waals surface area (Å²) in [6.07, 6.45) is 0. The highest BCUT2D eigenvalue weighted by Gasteiger charge is 2.06. The van der Waals surface area contributed by atoms with Gasteiger partial charge in [0.15, 0.2) is 5.96 Å². The standard InChI is InChI=1S/C18H31N3O3.HI/c1-5-19-18(20-11-12-23-14-13-22-4)21(3)15-16-7-9-17(10-8-16)24-6-2;/h7-10H,5-6,11-15H2,1-4H3,(H,19,20);1H. The molecule has 0 radical (unpaired) electrons. The summed E-state index contributed by atoms with van der Waals surface area (Å²) < 4.78 is 15.9. The van der Waals surface area contributed by atoms with Crippen molar-refractivity contribution in [2.45, 2.75) is 20.4 Å². The first kappa shape index (κ1) is 23.9. The van der Waals surface area contributed by atoms with E-state index in [1.54, 1.807) is 7.11 Å². The number of hydrogen-bond acceptors (Lipinski definition) is 4. The number of guanidine groups is 1. The quantitative estimate of drug-likeness (QED) is 0.236. The average molecular weight is 465 g/mol. The Morgan fingerprint density at radius 3 is 2.44 bits per heavy atom. The summed E-state index contributed by atoms with van der Waals surface area (Å²) in [4.78, 5) is 6.70. The van der Waals surface area contributed by atoms with Crippen molar-refractivity contribution in [2.24, 2.45) is 4.99 Å². The van der Waals surface area contributed by atoms with Gasteiger partial charge in [-0.05, 0) is 31.5 Å². The van der Waals surface area contributed by atoms with E-state index in [9.17, 15) is 0 Å². The predicted octanol–water partition coefficient (Wildman–Crippen LogP) is 2.76. The van der Waals surface area contributed by atoms with Crippen molar-refractivity contribution in [1.29, 1.82) is 0 Å². The number of ether oxygens (including phenoxy) is 3. The molecule has 0 saturated heterocycles. The van der Waals surface area contributed by atoms with Crippen LogP contribution in [0.5, 0.6) is 5.75 Å². The first-order chi connectivity index (χ1) is 11.7. The van der Waals surface area contributed by atoms with E-state index in [4.69, 9.17) is 14.2 Å². The Kier molecular flexibility index (Phi) is 14.6. The molecule has 0 aliphatic heterocycles. The lowest BCUT2D eigenvalue weighted by Crippen LogP contribution is -2.38. The molecule has 25 heavy (non-hydrogen) atoms. The maximum Gasteiger partial charge on any atom is 0.194 e. The molecule has 0 aromatic heterocycles. The van der Waals surface area contributed by atoms with Crippen LogP contribution in [-0.2, 0) is 16.0 Å². The molecule has 0 amide bonds. The van der Waals surface area contributed by atoms with E-state index in [1.807, 2.05) is 26.1 Å². The second-order valence-corrected chi connectivity index (χ2v) is 5.27. The fourth-order valence-electron chi connectivity index (χ4n) is 2.14. The van der Waals surface area contributed by atoms with Crippen molar-refractivity contribution >= 4 is 29.9 Å². The van der Waals surface area contributed by atoms with Crippen molar-refractivity contribution in [3.05, 3.63) is 29.8 Å². The van der Waals surface area contributed by atoms with E-state index in [1.165, 1.54) is 5.56 Å². The van der Waals surface area contributed by atoms with Gasteiger partial charge in [-0.1, -0.05) is 12.1 Å². The van der Waals surface area contributed by atoms with Crippen LogP contribution >= 0.6 is 24.0 Å². The van der Waals surface area contributed by atoms with E-state index in [0.29, 0.717) is 33.0 Å². The molecule has 0 saturated carbocycles. The monoisotopic (exact) mass is 465 g/mol. The fourth-order valence-corrected chi connectivity index (χ4v) is 2.14. The SMILES string of the molecule is CCNC(=NCCOCCOC)N(C)Cc1ccc(OCC)cc1.I. The molecule has 1 aromatic carbocycles. The van der Waals surface area contributed by atoms with Gasteiger partial charge in [-0.2, -0.15) is 0 Å². The summed E-state index contributed by atoms with van der Waals surface area (Å²) in [5, 5.41) is 3.31. The van der Waals surface area contributed by atoms with Gasteiger partial charge in [0.2, 0.25) is 0 Å². The number of methoxy groups -OCH3 is 1. The smallest absolute Gasteiger partial charge is 0.194 e. The number of rotatable bonds is 11. The Labute approximate surface area is 169 Å². The van der Waals surface area contributed by atoms with Gasteiger partial charge in [0.1, 0.15) is 5.75 Å². The largest absolute Gasteiger partial charge is 0.494 e. The van der Waals surface area contributed by atoms with Crippen LogP contribution in [0.1, 0.15) is 19.4 Å². The summed E-state index contributed by atoms with van der Waals surface area (Å²) >= 11 is 0. The zero-order chi connectivity index (χ0) is 17.6. The van der Waals surface area contributed by atoms with Crippen molar-refractivity contribution in [2.75, 3.05) is 53.7 Å². The van der Waals surface area contributed by atoms with Gasteiger partial charge in [0.05, 0.1) is 33.0 Å². The molecule has 0 aliphatic carbocycles. The summed E-state index contributed by atoms with van der Waals surface area (Å²) in [6.45, 7) is 8.78. The van der Waals surface area contributed by atoms with Crippen molar-refractivity contribution in [3.8, 4) is 5.75 Å². The van der Waals surface area contributed by atoms with E-state index in [2.05, 4.69) is 34.3 Å². The Bertz CT molecular complexity index is 469. The second-order valence-electron chi connectivity index (χ2n) is 5.27. The van der Waals surface area contributed by atoms with Crippen LogP contribution in [0.25, 0.3) is 0 Å². The van der Waals surface area contributed by atoms with Gasteiger partial charge in [-0.25, -0.2) is 0 Å². The minimum Gasteiger partial charge on any atom is -0.494 e.